The molecule has 1 heterocycles. The van der Waals surface area contributed by atoms with Gasteiger partial charge in [-0.05, 0) is 12.1 Å². The van der Waals surface area contributed by atoms with E-state index in [0.717, 1.165) is 21.8 Å². The zero-order valence-electron chi connectivity index (χ0n) is 10.8. The van der Waals surface area contributed by atoms with E-state index in [2.05, 4.69) is 12.1 Å². The number of fused-ring (bicyclic) bond motifs is 3. The number of carboxylic acids is 1. The fraction of sp³-hybridized carbons (Fsp3) is 0.133. The summed E-state index contributed by atoms with van der Waals surface area (Å²) >= 11 is 0. The van der Waals surface area contributed by atoms with E-state index >= 15 is 0 Å². The van der Waals surface area contributed by atoms with Crippen molar-refractivity contribution in [2.45, 2.75) is 13.0 Å². The summed E-state index contributed by atoms with van der Waals surface area (Å²) in [6.07, 6.45) is 0.0304. The molecule has 0 amide bonds. The third-order valence-electron chi connectivity index (χ3n) is 3.22. The van der Waals surface area contributed by atoms with Crippen LogP contribution in [0.3, 0.4) is 0 Å². The Kier molecular flexibility index (Phi) is 4.81. The molecule has 1 aromatic heterocycles. The minimum atomic E-state index is -1.02. The van der Waals surface area contributed by atoms with Crippen molar-refractivity contribution in [3.8, 4) is 0 Å². The van der Waals surface area contributed by atoms with Crippen LogP contribution < -0.4 is 56.5 Å². The van der Waals surface area contributed by atoms with Crippen molar-refractivity contribution < 1.29 is 61.3 Å². The molecule has 19 heavy (non-hydrogen) atoms. The van der Waals surface area contributed by atoms with Crippen molar-refractivity contribution in [1.29, 1.82) is 0 Å². The molecule has 0 aliphatic carbocycles. The summed E-state index contributed by atoms with van der Waals surface area (Å²) in [5.41, 5.74) is 2.14. The van der Waals surface area contributed by atoms with Gasteiger partial charge in [-0.2, -0.15) is 0 Å². The van der Waals surface area contributed by atoms with Crippen LogP contribution in [-0.2, 0) is 11.3 Å². The minimum absolute atomic E-state index is 0. The number of hydrogen-bond donors (Lipinski definition) is 0. The van der Waals surface area contributed by atoms with Gasteiger partial charge in [0.05, 0.1) is 0 Å². The number of carbonyl (C=O) groups is 1. The Morgan fingerprint density at radius 1 is 0.947 bits per heavy atom. The maximum absolute atomic E-state index is 10.6. The molecule has 2 aromatic carbocycles. The summed E-state index contributed by atoms with van der Waals surface area (Å²) in [4.78, 5) is 10.6. The molecule has 3 nitrogen and oxygen atoms in total. The molecule has 0 spiro atoms. The van der Waals surface area contributed by atoms with E-state index in [0.29, 0.717) is 6.54 Å². The summed E-state index contributed by atoms with van der Waals surface area (Å²) in [5.74, 6) is -1.02. The van der Waals surface area contributed by atoms with Gasteiger partial charge in [0.15, 0.2) is 0 Å². The van der Waals surface area contributed by atoms with E-state index in [-0.39, 0.29) is 57.8 Å². The van der Waals surface area contributed by atoms with Gasteiger partial charge in [-0.15, -0.1) is 0 Å². The quantitative estimate of drug-likeness (QED) is 0.573. The number of para-hydroxylation sites is 2. The van der Waals surface area contributed by atoms with Crippen LogP contribution in [0.5, 0.6) is 0 Å². The maximum atomic E-state index is 10.6. The second-order valence-corrected chi connectivity index (χ2v) is 4.31. The predicted molar refractivity (Wildman–Crippen MR) is 69.1 cm³/mol. The molecular weight excluding hydrogens is 265 g/mol. The number of aromatic nitrogens is 1. The van der Waals surface area contributed by atoms with Crippen LogP contribution in [0, 0.1) is 0 Å². The van der Waals surface area contributed by atoms with Crippen LogP contribution in [0.4, 0.5) is 0 Å². The number of benzene rings is 2. The third kappa shape index (κ3) is 2.78. The average molecular weight is 277 g/mol. The molecule has 0 unspecified atom stereocenters. The molecule has 0 aliphatic rings. The Hall–Kier alpha value is -0.654. The summed E-state index contributed by atoms with van der Waals surface area (Å²) in [7, 11) is 0. The van der Waals surface area contributed by atoms with Crippen LogP contribution >= 0.6 is 0 Å². The van der Waals surface area contributed by atoms with Crippen LogP contribution in [0.15, 0.2) is 48.5 Å². The van der Waals surface area contributed by atoms with Gasteiger partial charge in [-0.3, -0.25) is 0 Å². The first-order valence-corrected chi connectivity index (χ1v) is 5.93. The maximum Gasteiger partial charge on any atom is 1.00 e. The first kappa shape index (κ1) is 14.7. The molecule has 4 heteroatoms. The average Bonchev–Trinajstić information content (AvgIpc) is 2.71. The van der Waals surface area contributed by atoms with E-state index < -0.39 is 5.97 Å². The monoisotopic (exact) mass is 277 g/mol. The van der Waals surface area contributed by atoms with E-state index in [9.17, 15) is 9.90 Å². The number of aryl methyl sites for hydroxylation is 1. The molecule has 0 bridgehead atoms. The van der Waals surface area contributed by atoms with Crippen molar-refractivity contribution in [3.63, 3.8) is 0 Å². The van der Waals surface area contributed by atoms with Crippen LogP contribution in [0.1, 0.15) is 6.42 Å². The smallest absolute Gasteiger partial charge is 0.550 e. The fourth-order valence-electron chi connectivity index (χ4n) is 2.45. The molecule has 0 saturated carbocycles. The molecule has 0 N–H and O–H groups in total. The van der Waals surface area contributed by atoms with Crippen molar-refractivity contribution in [1.82, 2.24) is 4.57 Å². The van der Waals surface area contributed by atoms with Crippen LogP contribution in [0.2, 0.25) is 0 Å². The second kappa shape index (κ2) is 6.20. The van der Waals surface area contributed by atoms with Crippen molar-refractivity contribution in [3.05, 3.63) is 48.5 Å². The molecule has 0 fully saturated rings. The van der Waals surface area contributed by atoms with Gasteiger partial charge in [-0.1, -0.05) is 36.4 Å². The molecule has 0 saturated heterocycles. The molecule has 0 radical (unpaired) electrons. The predicted octanol–water partition coefficient (Wildman–Crippen LogP) is -1.06. The number of carbonyl (C=O) groups excluding carboxylic acids is 1. The SMILES string of the molecule is O=C([O-])CCn1c2ccccc2c2ccccc21.[K+]. The summed E-state index contributed by atoms with van der Waals surface area (Å²) in [5, 5.41) is 13.0. The van der Waals surface area contributed by atoms with Gasteiger partial charge < -0.3 is 14.5 Å². The van der Waals surface area contributed by atoms with Crippen LogP contribution in [0.25, 0.3) is 21.8 Å². The van der Waals surface area contributed by atoms with E-state index in [4.69, 9.17) is 0 Å². The van der Waals surface area contributed by atoms with Gasteiger partial charge in [0.1, 0.15) is 0 Å². The Morgan fingerprint density at radius 2 is 1.42 bits per heavy atom. The summed E-state index contributed by atoms with van der Waals surface area (Å²) in [6.45, 7) is 0.441. The molecular formula is C15H12KNO2. The largest absolute Gasteiger partial charge is 1.00 e. The molecule has 90 valence electrons. The summed E-state index contributed by atoms with van der Waals surface area (Å²) < 4.78 is 2.04. The van der Waals surface area contributed by atoms with Gasteiger partial charge in [0, 0.05) is 40.7 Å². The van der Waals surface area contributed by atoms with Crippen LogP contribution in [-0.4, -0.2) is 10.5 Å². The Labute approximate surface area is 153 Å². The minimum Gasteiger partial charge on any atom is -0.550 e. The molecule has 3 aromatic rings. The Balaban J connectivity index is 0.00000133. The van der Waals surface area contributed by atoms with E-state index in [1.165, 1.54) is 0 Å². The third-order valence-corrected chi connectivity index (χ3v) is 3.22. The Bertz CT molecular complexity index is 680. The fourth-order valence-corrected chi connectivity index (χ4v) is 2.45. The van der Waals surface area contributed by atoms with Gasteiger partial charge in [0.2, 0.25) is 0 Å². The molecule has 0 aliphatic heterocycles. The standard InChI is InChI=1S/C15H13NO2.K/c17-15(18)9-10-16-13-7-3-1-5-11(13)12-6-2-4-8-14(12)16;/h1-8H,9-10H2,(H,17,18);/q;+1/p-1. The number of hydrogen-bond acceptors (Lipinski definition) is 2. The number of aliphatic carboxylic acids is 1. The number of carboxylic acid groups (broad SMARTS) is 1. The number of rotatable bonds is 3. The Morgan fingerprint density at radius 3 is 1.89 bits per heavy atom. The second-order valence-electron chi connectivity index (χ2n) is 4.31. The number of nitrogens with zero attached hydrogens (tertiary/aromatic N) is 1. The van der Waals surface area contributed by atoms with E-state index in [1.807, 2.05) is 41.0 Å². The molecule has 0 atom stereocenters. The zero-order valence-corrected chi connectivity index (χ0v) is 13.9. The van der Waals surface area contributed by atoms with Gasteiger partial charge in [-0.25, -0.2) is 0 Å². The zero-order chi connectivity index (χ0) is 12.5. The van der Waals surface area contributed by atoms with Gasteiger partial charge >= 0.3 is 51.4 Å². The van der Waals surface area contributed by atoms with Gasteiger partial charge in [0.25, 0.3) is 0 Å². The van der Waals surface area contributed by atoms with Crippen molar-refractivity contribution in [2.75, 3.05) is 0 Å². The summed E-state index contributed by atoms with van der Waals surface area (Å²) in [6, 6.07) is 16.1. The first-order chi connectivity index (χ1) is 8.77. The first-order valence-electron chi connectivity index (χ1n) is 5.93. The molecule has 3 rings (SSSR count). The topological polar surface area (TPSA) is 45.1 Å². The van der Waals surface area contributed by atoms with Crippen molar-refractivity contribution in [2.24, 2.45) is 0 Å². The normalized spacial score (nSPS) is 10.5. The van der Waals surface area contributed by atoms with E-state index in [1.54, 1.807) is 0 Å². The van der Waals surface area contributed by atoms with Crippen molar-refractivity contribution >= 4 is 27.8 Å².